The molecule has 0 spiro atoms. The maximum absolute atomic E-state index is 11.2. The predicted molar refractivity (Wildman–Crippen MR) is 96.6 cm³/mol. The fourth-order valence-corrected chi connectivity index (χ4v) is 1.41. The van der Waals surface area contributed by atoms with E-state index in [9.17, 15) is 9.59 Å². The van der Waals surface area contributed by atoms with Crippen LogP contribution in [0.3, 0.4) is 0 Å². The molecule has 0 aliphatic carbocycles. The van der Waals surface area contributed by atoms with Crippen LogP contribution in [0.1, 0.15) is 53.8 Å². The van der Waals surface area contributed by atoms with Crippen molar-refractivity contribution in [3.8, 4) is 6.07 Å². The second kappa shape index (κ2) is 11.7. The van der Waals surface area contributed by atoms with Crippen LogP contribution in [0.5, 0.6) is 0 Å². The number of aromatic nitrogens is 4. The number of nitriles is 1. The smallest absolute Gasteiger partial charge is 0.407 e. The SMILES string of the molecule is CC(C)(C)OC(=O)NCCC#N.CC(C)(C)OC(=O)NCCc1nn[nH]n1. The van der Waals surface area contributed by atoms with E-state index in [1.54, 1.807) is 20.8 Å². The van der Waals surface area contributed by atoms with Crippen molar-refractivity contribution >= 4 is 12.2 Å². The van der Waals surface area contributed by atoms with Crippen molar-refractivity contribution in [3.05, 3.63) is 5.82 Å². The van der Waals surface area contributed by atoms with Crippen molar-refractivity contribution < 1.29 is 19.1 Å². The first-order valence-corrected chi connectivity index (χ1v) is 8.46. The Morgan fingerprint density at radius 1 is 1.04 bits per heavy atom. The molecule has 0 saturated heterocycles. The number of nitrogens with one attached hydrogen (secondary N) is 3. The minimum Gasteiger partial charge on any atom is -0.444 e. The Morgan fingerprint density at radius 3 is 1.96 bits per heavy atom. The van der Waals surface area contributed by atoms with E-state index in [0.29, 0.717) is 31.8 Å². The van der Waals surface area contributed by atoms with Gasteiger partial charge in [-0.15, -0.1) is 10.2 Å². The monoisotopic (exact) mass is 383 g/mol. The first-order valence-electron chi connectivity index (χ1n) is 8.46. The van der Waals surface area contributed by atoms with Crippen LogP contribution in [0.25, 0.3) is 0 Å². The highest BCUT2D eigenvalue weighted by Gasteiger charge is 2.16. The number of hydrogen-bond donors (Lipinski definition) is 3. The van der Waals surface area contributed by atoms with E-state index in [0.717, 1.165) is 0 Å². The summed E-state index contributed by atoms with van der Waals surface area (Å²) in [4.78, 5) is 22.1. The lowest BCUT2D eigenvalue weighted by Gasteiger charge is -2.19. The average molecular weight is 383 g/mol. The molecule has 0 aliphatic heterocycles. The molecule has 0 radical (unpaired) electrons. The number of H-pyrrole nitrogens is 1. The van der Waals surface area contributed by atoms with Crippen LogP contribution in [-0.4, -0.2) is 57.1 Å². The second-order valence-corrected chi connectivity index (χ2v) is 7.34. The van der Waals surface area contributed by atoms with E-state index in [1.165, 1.54) is 0 Å². The van der Waals surface area contributed by atoms with Gasteiger partial charge in [0.15, 0.2) is 5.82 Å². The van der Waals surface area contributed by atoms with E-state index in [2.05, 4.69) is 31.3 Å². The highest BCUT2D eigenvalue weighted by molar-refractivity contribution is 5.67. The molecule has 1 heterocycles. The third-order valence-electron chi connectivity index (χ3n) is 2.31. The Bertz CT molecular complexity index is 598. The third kappa shape index (κ3) is 16.3. The van der Waals surface area contributed by atoms with E-state index < -0.39 is 23.4 Å². The summed E-state index contributed by atoms with van der Waals surface area (Å²) in [5.74, 6) is 0.561. The lowest BCUT2D eigenvalue weighted by Crippen LogP contribution is -2.33. The number of aromatic amines is 1. The predicted octanol–water partition coefficient (Wildman–Crippen LogP) is 1.69. The van der Waals surface area contributed by atoms with Gasteiger partial charge in [-0.3, -0.25) is 0 Å². The van der Waals surface area contributed by atoms with Crippen LogP contribution in [0.4, 0.5) is 9.59 Å². The van der Waals surface area contributed by atoms with Crippen molar-refractivity contribution in [1.82, 2.24) is 31.3 Å². The second-order valence-electron chi connectivity index (χ2n) is 7.34. The van der Waals surface area contributed by atoms with Gasteiger partial charge in [0.25, 0.3) is 0 Å². The lowest BCUT2D eigenvalue weighted by molar-refractivity contribution is 0.0517. The number of tetrazole rings is 1. The number of hydrogen-bond acceptors (Lipinski definition) is 8. The Labute approximate surface area is 159 Å². The van der Waals surface area contributed by atoms with Gasteiger partial charge in [-0.05, 0) is 41.5 Å². The molecule has 0 bridgehead atoms. The van der Waals surface area contributed by atoms with Crippen LogP contribution < -0.4 is 10.6 Å². The molecule has 3 N–H and O–H groups in total. The van der Waals surface area contributed by atoms with Gasteiger partial charge in [0.05, 0.1) is 12.5 Å². The summed E-state index contributed by atoms with van der Waals surface area (Å²) in [7, 11) is 0. The van der Waals surface area contributed by atoms with Crippen molar-refractivity contribution in [1.29, 1.82) is 5.26 Å². The van der Waals surface area contributed by atoms with Gasteiger partial charge in [0, 0.05) is 19.5 Å². The fourth-order valence-electron chi connectivity index (χ4n) is 1.41. The molecule has 1 aromatic rings. The molecule has 2 amide bonds. The summed E-state index contributed by atoms with van der Waals surface area (Å²) in [6.45, 7) is 11.6. The molecule has 1 rings (SSSR count). The molecule has 0 unspecified atom stereocenters. The largest absolute Gasteiger partial charge is 0.444 e. The molecule has 27 heavy (non-hydrogen) atoms. The lowest BCUT2D eigenvalue weighted by atomic mass is 10.2. The van der Waals surface area contributed by atoms with Gasteiger partial charge in [0.1, 0.15) is 11.2 Å². The van der Waals surface area contributed by atoms with Crippen molar-refractivity contribution in [2.75, 3.05) is 13.1 Å². The minimum atomic E-state index is -0.476. The quantitative estimate of drug-likeness (QED) is 0.649. The highest BCUT2D eigenvalue weighted by Crippen LogP contribution is 2.06. The molecular formula is C16H29N7O4. The van der Waals surface area contributed by atoms with Gasteiger partial charge in [-0.25, -0.2) is 9.59 Å². The van der Waals surface area contributed by atoms with Crippen molar-refractivity contribution in [3.63, 3.8) is 0 Å². The maximum atomic E-state index is 11.2. The zero-order valence-electron chi connectivity index (χ0n) is 16.8. The first kappa shape index (κ1) is 24.1. The van der Waals surface area contributed by atoms with Crippen molar-refractivity contribution in [2.24, 2.45) is 0 Å². The molecule has 1 aromatic heterocycles. The minimum absolute atomic E-state index is 0.305. The molecule has 0 aromatic carbocycles. The molecule has 11 heteroatoms. The number of nitrogens with zero attached hydrogens (tertiary/aromatic N) is 4. The number of carbonyl (C=O) groups excluding carboxylic acids is 2. The summed E-state index contributed by atoms with van der Waals surface area (Å²) in [6, 6.07) is 1.92. The standard InChI is InChI=1S/C8H15N5O2.C8H14N2O2/c1-8(2,3)15-7(14)9-5-4-6-10-12-13-11-6;1-8(2,3)12-7(11)10-6-4-5-9/h4-5H2,1-3H3,(H,9,14)(H,10,11,12,13);4,6H2,1-3H3,(H,10,11). The van der Waals surface area contributed by atoms with Gasteiger partial charge in [0.2, 0.25) is 0 Å². The Kier molecular flexibility index (Phi) is 10.4. The molecule has 0 saturated carbocycles. The summed E-state index contributed by atoms with van der Waals surface area (Å²) in [5.41, 5.74) is -0.951. The van der Waals surface area contributed by atoms with Gasteiger partial charge in [-0.2, -0.15) is 10.5 Å². The highest BCUT2D eigenvalue weighted by atomic mass is 16.6. The number of alkyl carbamates (subject to hydrolysis) is 2. The Morgan fingerprint density at radius 2 is 1.56 bits per heavy atom. The average Bonchev–Trinajstić information content (AvgIpc) is 2.97. The van der Waals surface area contributed by atoms with Gasteiger partial charge < -0.3 is 20.1 Å². The normalized spacial score (nSPS) is 10.7. The number of carbonyl (C=O) groups is 2. The topological polar surface area (TPSA) is 155 Å². The van der Waals surface area contributed by atoms with E-state index >= 15 is 0 Å². The molecule has 0 aliphatic rings. The molecule has 11 nitrogen and oxygen atoms in total. The number of ether oxygens (including phenoxy) is 2. The van der Waals surface area contributed by atoms with Gasteiger partial charge in [-0.1, -0.05) is 5.21 Å². The summed E-state index contributed by atoms with van der Waals surface area (Å²) >= 11 is 0. The van der Waals surface area contributed by atoms with Crippen molar-refractivity contribution in [2.45, 2.75) is 65.6 Å². The summed E-state index contributed by atoms with van der Waals surface area (Å²) < 4.78 is 9.97. The summed E-state index contributed by atoms with van der Waals surface area (Å²) in [6.07, 6.45) is -0.0848. The number of rotatable bonds is 5. The fraction of sp³-hybridized carbons (Fsp3) is 0.750. The molecule has 0 atom stereocenters. The Balaban J connectivity index is 0.000000516. The zero-order valence-corrected chi connectivity index (χ0v) is 16.8. The Hall–Kier alpha value is -2.90. The summed E-state index contributed by atoms with van der Waals surface area (Å²) in [5, 5.41) is 26.4. The van der Waals surface area contributed by atoms with Crippen LogP contribution in [0.2, 0.25) is 0 Å². The van der Waals surface area contributed by atoms with Crippen LogP contribution in [-0.2, 0) is 15.9 Å². The van der Waals surface area contributed by atoms with Crippen LogP contribution >= 0.6 is 0 Å². The maximum Gasteiger partial charge on any atom is 0.407 e. The first-order chi connectivity index (χ1) is 12.4. The van der Waals surface area contributed by atoms with Gasteiger partial charge >= 0.3 is 12.2 Å². The van der Waals surface area contributed by atoms with Crippen LogP contribution in [0.15, 0.2) is 0 Å². The molecular weight excluding hydrogens is 354 g/mol. The zero-order chi connectivity index (χ0) is 20.9. The van der Waals surface area contributed by atoms with Crippen LogP contribution in [0, 0.1) is 11.3 Å². The third-order valence-corrected chi connectivity index (χ3v) is 2.31. The molecule has 152 valence electrons. The molecule has 0 fully saturated rings. The van der Waals surface area contributed by atoms with E-state index in [4.69, 9.17) is 14.7 Å². The number of amides is 2. The van der Waals surface area contributed by atoms with E-state index in [1.807, 2.05) is 26.8 Å². The van der Waals surface area contributed by atoms with E-state index in [-0.39, 0.29) is 0 Å².